The molecule has 1 aromatic heterocycles. The molecule has 0 amide bonds. The van der Waals surface area contributed by atoms with Crippen molar-refractivity contribution >= 4 is 27.4 Å². The summed E-state index contributed by atoms with van der Waals surface area (Å²) in [6.07, 6.45) is 0. The lowest BCUT2D eigenvalue weighted by atomic mass is 10.0. The van der Waals surface area contributed by atoms with Gasteiger partial charge in [0.25, 0.3) is 0 Å². The molecule has 106 valence electrons. The van der Waals surface area contributed by atoms with Crippen molar-refractivity contribution in [2.75, 3.05) is 7.11 Å². The number of carboxylic acids is 1. The van der Waals surface area contributed by atoms with Crippen LogP contribution < -0.4 is 4.74 Å². The molecular formula is C16H11FO3S. The third-order valence-electron chi connectivity index (χ3n) is 3.29. The van der Waals surface area contributed by atoms with Gasteiger partial charge in [-0.1, -0.05) is 6.07 Å². The molecule has 2 aromatic carbocycles. The Morgan fingerprint density at radius 3 is 2.81 bits per heavy atom. The van der Waals surface area contributed by atoms with Crippen LogP contribution in [0.5, 0.6) is 5.75 Å². The molecule has 0 saturated carbocycles. The summed E-state index contributed by atoms with van der Waals surface area (Å²) in [5, 5.41) is 11.6. The number of benzene rings is 2. The molecule has 1 heterocycles. The van der Waals surface area contributed by atoms with Gasteiger partial charge >= 0.3 is 5.97 Å². The summed E-state index contributed by atoms with van der Waals surface area (Å²) in [6.45, 7) is 0. The standard InChI is InChI=1S/C16H11FO3S/c1-20-13-4-2-3-12(17)15(13)11-8-21-14-6-5-9(16(18)19)7-10(11)14/h2-8H,1H3,(H,18,19). The lowest BCUT2D eigenvalue weighted by Gasteiger charge is -2.09. The molecule has 0 aliphatic heterocycles. The number of halogens is 1. The van der Waals surface area contributed by atoms with Crippen molar-refractivity contribution in [1.82, 2.24) is 0 Å². The van der Waals surface area contributed by atoms with Crippen LogP contribution in [0.1, 0.15) is 10.4 Å². The third-order valence-corrected chi connectivity index (χ3v) is 4.25. The topological polar surface area (TPSA) is 46.5 Å². The highest BCUT2D eigenvalue weighted by Gasteiger charge is 2.16. The monoisotopic (exact) mass is 302 g/mol. The summed E-state index contributed by atoms with van der Waals surface area (Å²) in [7, 11) is 1.48. The molecule has 3 aromatic rings. The van der Waals surface area contributed by atoms with Crippen molar-refractivity contribution in [2.45, 2.75) is 0 Å². The molecule has 0 unspecified atom stereocenters. The molecule has 0 spiro atoms. The molecule has 0 aliphatic carbocycles. The number of rotatable bonds is 3. The maximum atomic E-state index is 14.2. The molecule has 0 bridgehead atoms. The molecule has 5 heteroatoms. The number of aromatic carboxylic acids is 1. The Kier molecular flexibility index (Phi) is 3.35. The van der Waals surface area contributed by atoms with Crippen molar-refractivity contribution in [3.8, 4) is 16.9 Å². The Hall–Kier alpha value is -2.40. The first-order valence-corrected chi connectivity index (χ1v) is 7.07. The summed E-state index contributed by atoms with van der Waals surface area (Å²) >= 11 is 1.44. The minimum Gasteiger partial charge on any atom is -0.496 e. The van der Waals surface area contributed by atoms with Crippen LogP contribution in [0.2, 0.25) is 0 Å². The first-order valence-electron chi connectivity index (χ1n) is 6.19. The highest BCUT2D eigenvalue weighted by molar-refractivity contribution is 7.17. The van der Waals surface area contributed by atoms with Crippen LogP contribution in [0.3, 0.4) is 0 Å². The second-order valence-electron chi connectivity index (χ2n) is 4.48. The number of hydrogen-bond donors (Lipinski definition) is 1. The Morgan fingerprint density at radius 1 is 1.29 bits per heavy atom. The molecule has 0 aliphatic rings. The number of thiophene rings is 1. The van der Waals surface area contributed by atoms with Crippen molar-refractivity contribution < 1.29 is 19.0 Å². The molecule has 0 atom stereocenters. The number of hydrogen-bond acceptors (Lipinski definition) is 3. The van der Waals surface area contributed by atoms with Crippen LogP contribution in [0.4, 0.5) is 4.39 Å². The zero-order valence-corrected chi connectivity index (χ0v) is 11.9. The van der Waals surface area contributed by atoms with Gasteiger partial charge in [0.05, 0.1) is 18.2 Å². The summed E-state index contributed by atoms with van der Waals surface area (Å²) in [5.41, 5.74) is 1.18. The normalized spacial score (nSPS) is 10.8. The van der Waals surface area contributed by atoms with E-state index in [9.17, 15) is 9.18 Å². The Balaban J connectivity index is 2.31. The van der Waals surface area contributed by atoms with E-state index < -0.39 is 11.8 Å². The first-order chi connectivity index (χ1) is 10.1. The number of ether oxygens (including phenoxy) is 1. The van der Waals surface area contributed by atoms with Gasteiger partial charge in [-0.2, -0.15) is 0 Å². The van der Waals surface area contributed by atoms with Gasteiger partial charge in [0.1, 0.15) is 11.6 Å². The van der Waals surface area contributed by atoms with Crippen LogP contribution in [0, 0.1) is 5.82 Å². The van der Waals surface area contributed by atoms with Crippen LogP contribution in [0.15, 0.2) is 41.8 Å². The van der Waals surface area contributed by atoms with E-state index in [4.69, 9.17) is 9.84 Å². The first kappa shape index (κ1) is 13.6. The average Bonchev–Trinajstić information content (AvgIpc) is 2.89. The van der Waals surface area contributed by atoms with Crippen molar-refractivity contribution in [3.05, 3.63) is 53.2 Å². The Bertz CT molecular complexity index is 839. The van der Waals surface area contributed by atoms with E-state index in [0.29, 0.717) is 22.3 Å². The van der Waals surface area contributed by atoms with E-state index in [1.54, 1.807) is 30.3 Å². The van der Waals surface area contributed by atoms with Crippen molar-refractivity contribution in [3.63, 3.8) is 0 Å². The van der Waals surface area contributed by atoms with Crippen LogP contribution in [0.25, 0.3) is 21.2 Å². The van der Waals surface area contributed by atoms with Crippen molar-refractivity contribution in [2.24, 2.45) is 0 Å². The lowest BCUT2D eigenvalue weighted by molar-refractivity contribution is 0.0697. The fraction of sp³-hybridized carbons (Fsp3) is 0.0625. The number of methoxy groups -OCH3 is 1. The number of fused-ring (bicyclic) bond motifs is 1. The minimum atomic E-state index is -1.01. The zero-order chi connectivity index (χ0) is 15.0. The number of carboxylic acid groups (broad SMARTS) is 1. The van der Waals surface area contributed by atoms with Gasteiger partial charge in [0, 0.05) is 21.0 Å². The quantitative estimate of drug-likeness (QED) is 0.779. The van der Waals surface area contributed by atoms with E-state index in [2.05, 4.69) is 0 Å². The predicted molar refractivity (Wildman–Crippen MR) is 80.7 cm³/mol. The van der Waals surface area contributed by atoms with Crippen molar-refractivity contribution in [1.29, 1.82) is 0 Å². The fourth-order valence-electron chi connectivity index (χ4n) is 2.29. The molecule has 0 fully saturated rings. The van der Waals surface area contributed by atoms with Gasteiger partial charge in [0.2, 0.25) is 0 Å². The molecule has 0 saturated heterocycles. The molecule has 1 N–H and O–H groups in total. The van der Waals surface area contributed by atoms with Gasteiger partial charge in [0.15, 0.2) is 0 Å². The smallest absolute Gasteiger partial charge is 0.335 e. The van der Waals surface area contributed by atoms with Crippen LogP contribution >= 0.6 is 11.3 Å². The van der Waals surface area contributed by atoms with E-state index in [1.165, 1.54) is 24.5 Å². The molecule has 3 rings (SSSR count). The SMILES string of the molecule is COc1cccc(F)c1-c1csc2ccc(C(=O)O)cc12. The Morgan fingerprint density at radius 2 is 2.10 bits per heavy atom. The zero-order valence-electron chi connectivity index (χ0n) is 11.1. The van der Waals surface area contributed by atoms with Gasteiger partial charge in [-0.05, 0) is 30.3 Å². The summed E-state index contributed by atoms with van der Waals surface area (Å²) in [4.78, 5) is 11.1. The van der Waals surface area contributed by atoms with Crippen LogP contribution in [-0.4, -0.2) is 18.2 Å². The summed E-state index contributed by atoms with van der Waals surface area (Å²) < 4.78 is 20.3. The lowest BCUT2D eigenvalue weighted by Crippen LogP contribution is -1.95. The van der Waals surface area contributed by atoms with E-state index in [1.807, 2.05) is 5.38 Å². The summed E-state index contributed by atoms with van der Waals surface area (Å²) in [5.74, 6) is -0.972. The predicted octanol–water partition coefficient (Wildman–Crippen LogP) is 4.41. The van der Waals surface area contributed by atoms with E-state index >= 15 is 0 Å². The second kappa shape index (κ2) is 5.18. The molecule has 0 radical (unpaired) electrons. The largest absolute Gasteiger partial charge is 0.496 e. The molecular weight excluding hydrogens is 291 g/mol. The van der Waals surface area contributed by atoms with Gasteiger partial charge in [-0.25, -0.2) is 9.18 Å². The van der Waals surface area contributed by atoms with Gasteiger partial charge in [-0.3, -0.25) is 0 Å². The second-order valence-corrected chi connectivity index (χ2v) is 5.39. The van der Waals surface area contributed by atoms with Gasteiger partial charge in [-0.15, -0.1) is 11.3 Å². The molecule has 21 heavy (non-hydrogen) atoms. The summed E-state index contributed by atoms with van der Waals surface area (Å²) in [6, 6.07) is 9.47. The van der Waals surface area contributed by atoms with E-state index in [0.717, 1.165) is 4.70 Å². The number of carbonyl (C=O) groups is 1. The fourth-order valence-corrected chi connectivity index (χ4v) is 3.22. The highest BCUT2D eigenvalue weighted by atomic mass is 32.1. The Labute approximate surface area is 124 Å². The third kappa shape index (κ3) is 2.25. The average molecular weight is 302 g/mol. The maximum Gasteiger partial charge on any atom is 0.335 e. The maximum absolute atomic E-state index is 14.2. The van der Waals surface area contributed by atoms with Gasteiger partial charge < -0.3 is 9.84 Å². The van der Waals surface area contributed by atoms with Crippen LogP contribution in [-0.2, 0) is 0 Å². The minimum absolute atomic E-state index is 0.178. The highest BCUT2D eigenvalue weighted by Crippen LogP contribution is 2.40. The van der Waals surface area contributed by atoms with E-state index in [-0.39, 0.29) is 5.56 Å². The molecule has 3 nitrogen and oxygen atoms in total.